The lowest BCUT2D eigenvalue weighted by Gasteiger charge is -2.32. The van der Waals surface area contributed by atoms with Crippen LogP contribution in [-0.2, 0) is 22.1 Å². The number of nitrogens with zero attached hydrogens (tertiary/aromatic N) is 5. The number of likely N-dealkylation sites (tertiary alicyclic amines) is 1. The molecule has 1 spiro atoms. The van der Waals surface area contributed by atoms with Crippen LogP contribution in [-0.4, -0.2) is 63.1 Å². The highest BCUT2D eigenvalue weighted by Gasteiger charge is 2.59. The molecule has 3 atom stereocenters. The van der Waals surface area contributed by atoms with E-state index in [2.05, 4.69) is 15.3 Å². The highest BCUT2D eigenvalue weighted by Crippen LogP contribution is 2.47. The molecule has 0 saturated carbocycles. The first-order valence-electron chi connectivity index (χ1n) is 12.4. The van der Waals surface area contributed by atoms with E-state index >= 15 is 0 Å². The van der Waals surface area contributed by atoms with Gasteiger partial charge in [0, 0.05) is 37.3 Å². The Morgan fingerprint density at radius 3 is 2.76 bits per heavy atom. The lowest BCUT2D eigenvalue weighted by molar-refractivity contribution is -0.136. The van der Waals surface area contributed by atoms with E-state index in [-0.39, 0.29) is 36.6 Å². The summed E-state index contributed by atoms with van der Waals surface area (Å²) >= 11 is 0. The standard InChI is InChI=1S/C28H30N6O3/c1-17(2)12-23(32(4)25(35)18-10-11-19-15-30-33(5)22(19)13-18)26(36)34-16-28(14-24(34)29-3)20-8-6-7-9-21(20)31-27(28)37/h6-11,13,15,17,23-24H,12,14,16H2,1-2,4-5H3,(H,31,37)/t23-,24-,28-/m0/s1. The molecule has 3 amide bonds. The highest BCUT2D eigenvalue weighted by atomic mass is 16.2. The van der Waals surface area contributed by atoms with Gasteiger partial charge in [0.05, 0.1) is 18.1 Å². The van der Waals surface area contributed by atoms with Crippen LogP contribution in [0.1, 0.15) is 42.6 Å². The van der Waals surface area contributed by atoms with Crippen molar-refractivity contribution in [3.63, 3.8) is 0 Å². The maximum atomic E-state index is 14.1. The molecule has 3 aromatic rings. The maximum Gasteiger partial charge on any atom is 0.302 e. The number of aromatic nitrogens is 2. The summed E-state index contributed by atoms with van der Waals surface area (Å²) in [7, 11) is 3.45. The number of benzene rings is 2. The fourth-order valence-corrected chi connectivity index (χ4v) is 5.64. The Balaban J connectivity index is 1.46. The second-order valence-corrected chi connectivity index (χ2v) is 10.5. The summed E-state index contributed by atoms with van der Waals surface area (Å²) in [5, 5.41) is 8.09. The van der Waals surface area contributed by atoms with E-state index in [1.165, 1.54) is 9.80 Å². The number of aryl methyl sites for hydroxylation is 1. The molecule has 190 valence electrons. The molecule has 1 aromatic heterocycles. The van der Waals surface area contributed by atoms with Gasteiger partial charge in [-0.1, -0.05) is 38.1 Å². The van der Waals surface area contributed by atoms with Crippen molar-refractivity contribution < 1.29 is 14.4 Å². The van der Waals surface area contributed by atoms with Crippen LogP contribution in [0.15, 0.2) is 48.7 Å². The maximum absolute atomic E-state index is 14.1. The zero-order valence-corrected chi connectivity index (χ0v) is 21.4. The second kappa shape index (κ2) is 9.04. The molecule has 2 aromatic carbocycles. The second-order valence-electron chi connectivity index (χ2n) is 10.5. The van der Waals surface area contributed by atoms with Gasteiger partial charge in [0.25, 0.3) is 11.8 Å². The fourth-order valence-electron chi connectivity index (χ4n) is 5.64. The van der Waals surface area contributed by atoms with Gasteiger partial charge in [-0.2, -0.15) is 5.10 Å². The van der Waals surface area contributed by atoms with Crippen molar-refractivity contribution in [2.24, 2.45) is 13.0 Å². The van der Waals surface area contributed by atoms with Crippen molar-refractivity contribution in [2.45, 2.75) is 44.3 Å². The van der Waals surface area contributed by atoms with Gasteiger partial charge >= 0.3 is 6.17 Å². The van der Waals surface area contributed by atoms with E-state index in [4.69, 9.17) is 6.57 Å². The predicted molar refractivity (Wildman–Crippen MR) is 140 cm³/mol. The number of nitrogens with one attached hydrogen (secondary N) is 1. The van der Waals surface area contributed by atoms with Gasteiger partial charge in [0.15, 0.2) is 0 Å². The third-order valence-electron chi connectivity index (χ3n) is 7.65. The van der Waals surface area contributed by atoms with Crippen molar-refractivity contribution in [2.75, 3.05) is 18.9 Å². The summed E-state index contributed by atoms with van der Waals surface area (Å²) in [5.41, 5.74) is 1.87. The van der Waals surface area contributed by atoms with Crippen molar-refractivity contribution in [1.82, 2.24) is 19.6 Å². The summed E-state index contributed by atoms with van der Waals surface area (Å²) < 4.78 is 1.71. The largest absolute Gasteiger partial charge is 0.330 e. The number of carbonyl (C=O) groups excluding carboxylic acids is 3. The van der Waals surface area contributed by atoms with Crippen LogP contribution < -0.4 is 5.32 Å². The number of likely N-dealkylation sites (N-methyl/N-ethyl adjacent to an activating group) is 1. The zero-order valence-electron chi connectivity index (χ0n) is 21.4. The van der Waals surface area contributed by atoms with Crippen LogP contribution >= 0.6 is 0 Å². The average molecular weight is 499 g/mol. The number of rotatable bonds is 5. The first-order valence-corrected chi connectivity index (χ1v) is 12.4. The normalized spacial score (nSPS) is 21.2. The molecule has 2 aliphatic heterocycles. The number of hydrogen-bond donors (Lipinski definition) is 1. The molecular formula is C28H30N6O3. The van der Waals surface area contributed by atoms with Crippen molar-refractivity contribution in [1.29, 1.82) is 0 Å². The molecule has 0 radical (unpaired) electrons. The average Bonchev–Trinajstić information content (AvgIpc) is 3.55. The first kappa shape index (κ1) is 24.5. The van der Waals surface area contributed by atoms with Gasteiger partial charge < -0.3 is 10.2 Å². The minimum Gasteiger partial charge on any atom is -0.330 e. The molecule has 1 saturated heterocycles. The van der Waals surface area contributed by atoms with Crippen LogP contribution in [0.4, 0.5) is 5.69 Å². The highest BCUT2D eigenvalue weighted by molar-refractivity contribution is 6.07. The van der Waals surface area contributed by atoms with E-state index in [0.29, 0.717) is 12.0 Å². The molecule has 9 heteroatoms. The van der Waals surface area contributed by atoms with Gasteiger partial charge in [-0.05, 0) is 36.1 Å². The molecule has 9 nitrogen and oxygen atoms in total. The summed E-state index contributed by atoms with van der Waals surface area (Å²) in [6, 6.07) is 12.0. The van der Waals surface area contributed by atoms with Crippen molar-refractivity contribution >= 4 is 34.3 Å². The summed E-state index contributed by atoms with van der Waals surface area (Å²) in [5.74, 6) is -0.644. The molecule has 0 unspecified atom stereocenters. The lowest BCUT2D eigenvalue weighted by atomic mass is 9.80. The van der Waals surface area contributed by atoms with Crippen molar-refractivity contribution in [3.05, 3.63) is 71.2 Å². The molecule has 0 bridgehead atoms. The number of para-hydroxylation sites is 1. The van der Waals surface area contributed by atoms with Gasteiger partial charge in [0.1, 0.15) is 11.5 Å². The molecule has 5 rings (SSSR count). The monoisotopic (exact) mass is 498 g/mol. The topological polar surface area (TPSA) is 91.9 Å². The summed E-state index contributed by atoms with van der Waals surface area (Å²) in [4.78, 5) is 47.5. The lowest BCUT2D eigenvalue weighted by Crippen LogP contribution is -2.51. The number of fused-ring (bicyclic) bond motifs is 3. The summed E-state index contributed by atoms with van der Waals surface area (Å²) in [6.45, 7) is 11.9. The smallest absolute Gasteiger partial charge is 0.302 e. The van der Waals surface area contributed by atoms with E-state index in [1.54, 1.807) is 30.1 Å². The minimum atomic E-state index is -0.961. The fraction of sp³-hybridized carbons (Fsp3) is 0.393. The minimum absolute atomic E-state index is 0.110. The van der Waals surface area contributed by atoms with Crippen LogP contribution in [0.5, 0.6) is 0 Å². The van der Waals surface area contributed by atoms with Gasteiger partial charge in [0.2, 0.25) is 5.91 Å². The Kier molecular flexibility index (Phi) is 5.98. The Bertz CT molecular complexity index is 1450. The number of carbonyl (C=O) groups is 3. The Hall–Kier alpha value is -4.19. The Morgan fingerprint density at radius 1 is 1.27 bits per heavy atom. The summed E-state index contributed by atoms with van der Waals surface area (Å²) in [6.07, 6.45) is 1.62. The van der Waals surface area contributed by atoms with Gasteiger partial charge in [-0.25, -0.2) is 6.57 Å². The third kappa shape index (κ3) is 3.93. The molecule has 1 fully saturated rings. The van der Waals surface area contributed by atoms with Crippen molar-refractivity contribution in [3.8, 4) is 0 Å². The SMILES string of the molecule is [C-]#[N+][C@@H]1C[C@@]2(CN1C(=O)[C@H](CC(C)C)N(C)C(=O)c1ccc3cnn(C)c3c1)C(=O)Nc1ccccc12. The van der Waals surface area contributed by atoms with E-state index in [1.807, 2.05) is 51.2 Å². The number of anilines is 1. The first-order chi connectivity index (χ1) is 17.7. The Morgan fingerprint density at radius 2 is 2.03 bits per heavy atom. The quantitative estimate of drug-likeness (QED) is 0.546. The molecule has 0 aliphatic carbocycles. The van der Waals surface area contributed by atoms with Crippen LogP contribution in [0.3, 0.4) is 0 Å². The van der Waals surface area contributed by atoms with Crippen LogP contribution in [0, 0.1) is 12.5 Å². The number of hydrogen-bond acceptors (Lipinski definition) is 4. The molecule has 3 heterocycles. The van der Waals surface area contributed by atoms with E-state index < -0.39 is 17.6 Å². The van der Waals surface area contributed by atoms with E-state index in [0.717, 1.165) is 22.2 Å². The molecular weight excluding hydrogens is 468 g/mol. The number of amides is 3. The van der Waals surface area contributed by atoms with E-state index in [9.17, 15) is 14.4 Å². The zero-order chi connectivity index (χ0) is 26.5. The Labute approximate surface area is 215 Å². The molecule has 2 aliphatic rings. The van der Waals surface area contributed by atoms with Gasteiger partial charge in [-0.15, -0.1) is 0 Å². The molecule has 37 heavy (non-hydrogen) atoms. The van der Waals surface area contributed by atoms with Gasteiger partial charge in [-0.3, -0.25) is 28.8 Å². The predicted octanol–water partition coefficient (Wildman–Crippen LogP) is 3.43. The van der Waals surface area contributed by atoms with Crippen LogP contribution in [0.25, 0.3) is 15.7 Å². The molecule has 1 N–H and O–H groups in total. The van der Waals surface area contributed by atoms with Crippen LogP contribution in [0.2, 0.25) is 0 Å². The third-order valence-corrected chi connectivity index (χ3v) is 7.65.